The van der Waals surface area contributed by atoms with Crippen molar-refractivity contribution in [1.29, 1.82) is 0 Å². The van der Waals surface area contributed by atoms with Crippen LogP contribution in [0.15, 0.2) is 48.3 Å². The number of nitrogen functional groups attached to an aromatic ring is 1. The number of allylic oxidation sites excluding steroid dienone is 2. The summed E-state index contributed by atoms with van der Waals surface area (Å²) in [5.41, 5.74) is 10.0. The van der Waals surface area contributed by atoms with Crippen molar-refractivity contribution in [2.24, 2.45) is 0 Å². The molecule has 0 amide bonds. The van der Waals surface area contributed by atoms with Gasteiger partial charge in [-0.2, -0.15) is 5.10 Å². The summed E-state index contributed by atoms with van der Waals surface area (Å²) in [5, 5.41) is 4.33. The van der Waals surface area contributed by atoms with Crippen LogP contribution in [-0.4, -0.2) is 9.78 Å². The Morgan fingerprint density at radius 1 is 1.35 bits per heavy atom. The Kier molecular flexibility index (Phi) is 3.28. The van der Waals surface area contributed by atoms with Crippen molar-refractivity contribution in [3.8, 4) is 11.1 Å². The molecule has 3 heteroatoms. The van der Waals surface area contributed by atoms with Gasteiger partial charge in [-0.15, -0.1) is 0 Å². The van der Waals surface area contributed by atoms with E-state index >= 15 is 0 Å². The third-order valence-electron chi connectivity index (χ3n) is 2.54. The molecule has 0 saturated carbocycles. The van der Waals surface area contributed by atoms with E-state index in [0.717, 1.165) is 23.4 Å². The Labute approximate surface area is 102 Å². The van der Waals surface area contributed by atoms with Gasteiger partial charge in [0.25, 0.3) is 0 Å². The van der Waals surface area contributed by atoms with Crippen molar-refractivity contribution in [2.45, 2.75) is 20.4 Å². The Hall–Kier alpha value is -2.03. The van der Waals surface area contributed by atoms with Crippen LogP contribution in [0.4, 0.5) is 5.69 Å². The van der Waals surface area contributed by atoms with E-state index in [9.17, 15) is 0 Å². The lowest BCUT2D eigenvalue weighted by Gasteiger charge is -1.98. The number of hydrogen-bond acceptors (Lipinski definition) is 2. The van der Waals surface area contributed by atoms with Crippen molar-refractivity contribution in [3.05, 3.63) is 48.3 Å². The van der Waals surface area contributed by atoms with Gasteiger partial charge in [-0.25, -0.2) is 0 Å². The first-order valence-corrected chi connectivity index (χ1v) is 5.67. The molecular formula is C14H17N3. The number of hydrogen-bond donors (Lipinski definition) is 1. The van der Waals surface area contributed by atoms with Crippen molar-refractivity contribution in [3.63, 3.8) is 0 Å². The molecule has 2 aromatic rings. The molecule has 88 valence electrons. The van der Waals surface area contributed by atoms with Gasteiger partial charge in [0.1, 0.15) is 0 Å². The highest BCUT2D eigenvalue weighted by Gasteiger charge is 2.01. The first-order valence-electron chi connectivity index (χ1n) is 5.67. The summed E-state index contributed by atoms with van der Waals surface area (Å²) >= 11 is 0. The molecule has 0 bridgehead atoms. The molecule has 0 aliphatic rings. The first-order chi connectivity index (χ1) is 8.15. The number of aromatic nitrogens is 2. The zero-order valence-corrected chi connectivity index (χ0v) is 10.2. The highest BCUT2D eigenvalue weighted by atomic mass is 15.3. The molecule has 3 nitrogen and oxygen atoms in total. The van der Waals surface area contributed by atoms with E-state index in [4.69, 9.17) is 5.73 Å². The third kappa shape index (κ3) is 2.97. The predicted octanol–water partition coefficient (Wildman–Crippen LogP) is 3.10. The molecule has 1 aromatic heterocycles. The molecule has 0 fully saturated rings. The lowest BCUT2D eigenvalue weighted by atomic mass is 10.1. The van der Waals surface area contributed by atoms with Crippen LogP contribution >= 0.6 is 0 Å². The van der Waals surface area contributed by atoms with Gasteiger partial charge in [0.05, 0.1) is 12.7 Å². The fourth-order valence-electron chi connectivity index (χ4n) is 1.61. The zero-order chi connectivity index (χ0) is 12.3. The summed E-state index contributed by atoms with van der Waals surface area (Å²) in [4.78, 5) is 0. The molecule has 0 radical (unpaired) electrons. The van der Waals surface area contributed by atoms with E-state index in [1.54, 1.807) is 0 Å². The quantitative estimate of drug-likeness (QED) is 0.646. The maximum Gasteiger partial charge on any atom is 0.0592 e. The second kappa shape index (κ2) is 4.87. The summed E-state index contributed by atoms with van der Waals surface area (Å²) in [6, 6.07) is 7.84. The first kappa shape index (κ1) is 11.5. The van der Waals surface area contributed by atoms with Crippen LogP contribution in [0.3, 0.4) is 0 Å². The summed E-state index contributed by atoms with van der Waals surface area (Å²) in [5.74, 6) is 0. The molecule has 0 unspecified atom stereocenters. The SMILES string of the molecule is CC(C)=CCn1cc(-c2cccc(N)c2)cn1. The molecule has 2 N–H and O–H groups in total. The van der Waals surface area contributed by atoms with Crippen molar-refractivity contribution >= 4 is 5.69 Å². The van der Waals surface area contributed by atoms with Gasteiger partial charge in [-0.05, 0) is 31.5 Å². The monoisotopic (exact) mass is 227 g/mol. The average Bonchev–Trinajstić information content (AvgIpc) is 2.75. The van der Waals surface area contributed by atoms with Gasteiger partial charge in [-0.3, -0.25) is 4.68 Å². The van der Waals surface area contributed by atoms with Crippen LogP contribution in [0.2, 0.25) is 0 Å². The highest BCUT2D eigenvalue weighted by Crippen LogP contribution is 2.20. The Balaban J connectivity index is 2.21. The van der Waals surface area contributed by atoms with Gasteiger partial charge in [0.15, 0.2) is 0 Å². The minimum atomic E-state index is 0.777. The number of nitrogens with zero attached hydrogens (tertiary/aromatic N) is 2. The number of anilines is 1. The minimum Gasteiger partial charge on any atom is -0.399 e. The van der Waals surface area contributed by atoms with E-state index in [1.165, 1.54) is 5.57 Å². The molecule has 0 aliphatic carbocycles. The van der Waals surface area contributed by atoms with Crippen LogP contribution in [0.5, 0.6) is 0 Å². The van der Waals surface area contributed by atoms with E-state index in [2.05, 4.69) is 25.0 Å². The average molecular weight is 227 g/mol. The normalized spacial score (nSPS) is 10.2. The maximum absolute atomic E-state index is 5.76. The van der Waals surface area contributed by atoms with Crippen molar-refractivity contribution < 1.29 is 0 Å². The summed E-state index contributed by atoms with van der Waals surface area (Å²) in [7, 11) is 0. The highest BCUT2D eigenvalue weighted by molar-refractivity contribution is 5.65. The largest absolute Gasteiger partial charge is 0.399 e. The van der Waals surface area contributed by atoms with Crippen LogP contribution in [-0.2, 0) is 6.54 Å². The molecule has 1 aromatic carbocycles. The molecule has 17 heavy (non-hydrogen) atoms. The topological polar surface area (TPSA) is 43.8 Å². The third-order valence-corrected chi connectivity index (χ3v) is 2.54. The van der Waals surface area contributed by atoms with Gasteiger partial charge in [0.2, 0.25) is 0 Å². The lowest BCUT2D eigenvalue weighted by Crippen LogP contribution is -1.94. The van der Waals surface area contributed by atoms with Gasteiger partial charge < -0.3 is 5.73 Å². The number of benzene rings is 1. The minimum absolute atomic E-state index is 0.777. The van der Waals surface area contributed by atoms with Crippen LogP contribution in [0.25, 0.3) is 11.1 Å². The number of rotatable bonds is 3. The Morgan fingerprint density at radius 2 is 2.18 bits per heavy atom. The molecule has 0 spiro atoms. The van der Waals surface area contributed by atoms with Crippen LogP contribution < -0.4 is 5.73 Å². The summed E-state index contributed by atoms with van der Waals surface area (Å²) < 4.78 is 1.92. The smallest absolute Gasteiger partial charge is 0.0592 e. The van der Waals surface area contributed by atoms with Gasteiger partial charge >= 0.3 is 0 Å². The maximum atomic E-state index is 5.76. The molecule has 0 aliphatic heterocycles. The van der Waals surface area contributed by atoms with Gasteiger partial charge in [0, 0.05) is 17.4 Å². The lowest BCUT2D eigenvalue weighted by molar-refractivity contribution is 0.699. The van der Waals surface area contributed by atoms with Crippen molar-refractivity contribution in [1.82, 2.24) is 9.78 Å². The predicted molar refractivity (Wildman–Crippen MR) is 71.5 cm³/mol. The summed E-state index contributed by atoms with van der Waals surface area (Å²) in [6.45, 7) is 4.98. The Bertz CT molecular complexity index is 534. The van der Waals surface area contributed by atoms with Crippen LogP contribution in [0.1, 0.15) is 13.8 Å². The van der Waals surface area contributed by atoms with Crippen molar-refractivity contribution in [2.75, 3.05) is 5.73 Å². The van der Waals surface area contributed by atoms with E-state index < -0.39 is 0 Å². The standard InChI is InChI=1S/C14H17N3/c1-11(2)6-7-17-10-13(9-16-17)12-4-3-5-14(15)8-12/h3-6,8-10H,7,15H2,1-2H3. The number of nitrogens with two attached hydrogens (primary N) is 1. The fourth-order valence-corrected chi connectivity index (χ4v) is 1.61. The van der Waals surface area contributed by atoms with E-state index in [-0.39, 0.29) is 0 Å². The second-order valence-corrected chi connectivity index (χ2v) is 4.36. The zero-order valence-electron chi connectivity index (χ0n) is 10.2. The fraction of sp³-hybridized carbons (Fsp3) is 0.214. The molecule has 0 atom stereocenters. The molecule has 2 rings (SSSR count). The van der Waals surface area contributed by atoms with Gasteiger partial charge in [-0.1, -0.05) is 23.8 Å². The Morgan fingerprint density at radius 3 is 2.88 bits per heavy atom. The second-order valence-electron chi connectivity index (χ2n) is 4.36. The van der Waals surface area contributed by atoms with Crippen LogP contribution in [0, 0.1) is 0 Å². The van der Waals surface area contributed by atoms with E-state index in [1.807, 2.05) is 41.3 Å². The molecular weight excluding hydrogens is 210 g/mol. The molecule has 0 saturated heterocycles. The summed E-state index contributed by atoms with van der Waals surface area (Å²) in [6.07, 6.45) is 6.05. The van der Waals surface area contributed by atoms with E-state index in [0.29, 0.717) is 0 Å². The molecule has 1 heterocycles.